The average Bonchev–Trinajstić information content (AvgIpc) is 3.20. The van der Waals surface area contributed by atoms with Crippen LogP contribution in [-0.2, 0) is 4.79 Å². The van der Waals surface area contributed by atoms with Gasteiger partial charge in [0.15, 0.2) is 0 Å². The Labute approximate surface area is 166 Å². The number of rotatable bonds is 3. The molecule has 0 radical (unpaired) electrons. The molecule has 1 saturated heterocycles. The lowest BCUT2D eigenvalue weighted by Crippen LogP contribution is -2.48. The van der Waals surface area contributed by atoms with Gasteiger partial charge >= 0.3 is 6.03 Å². The summed E-state index contributed by atoms with van der Waals surface area (Å²) in [5.74, 6) is 0.615. The first-order chi connectivity index (χ1) is 13.0. The lowest BCUT2D eigenvalue weighted by atomic mass is 9.82. The summed E-state index contributed by atoms with van der Waals surface area (Å²) in [6.45, 7) is 0. The molecular weight excluding hydrogens is 389 g/mol. The van der Waals surface area contributed by atoms with Gasteiger partial charge in [-0.15, -0.1) is 5.01 Å². The molecule has 3 amide bonds. The van der Waals surface area contributed by atoms with Gasteiger partial charge in [-0.2, -0.15) is 5.10 Å². The maximum atomic E-state index is 12.7. The fourth-order valence-electron chi connectivity index (χ4n) is 3.57. The first-order valence-corrected chi connectivity index (χ1v) is 9.50. The van der Waals surface area contributed by atoms with Crippen molar-refractivity contribution in [2.45, 2.75) is 37.6 Å². The molecule has 2 fully saturated rings. The van der Waals surface area contributed by atoms with Gasteiger partial charge in [0.1, 0.15) is 17.1 Å². The minimum Gasteiger partial charge on any atom is -0.455 e. The summed E-state index contributed by atoms with van der Waals surface area (Å²) in [4.78, 5) is 24.9. The highest BCUT2D eigenvalue weighted by atomic mass is 35.5. The number of amides is 3. The first-order valence-electron chi connectivity index (χ1n) is 8.74. The van der Waals surface area contributed by atoms with E-state index in [9.17, 15) is 9.59 Å². The normalized spacial score (nSPS) is 19.3. The third-order valence-corrected chi connectivity index (χ3v) is 5.53. The second-order valence-electron chi connectivity index (χ2n) is 6.76. The fraction of sp³-hybridized carbons (Fsp3) is 0.316. The number of carbonyl (C=O) groups is 2. The van der Waals surface area contributed by atoms with E-state index < -0.39 is 11.6 Å². The van der Waals surface area contributed by atoms with Crippen LogP contribution in [0.4, 0.5) is 4.79 Å². The molecule has 1 spiro atoms. The molecule has 1 aromatic carbocycles. The molecule has 2 aromatic rings. The highest BCUT2D eigenvalue weighted by Crippen LogP contribution is 2.34. The second kappa shape index (κ2) is 7.02. The van der Waals surface area contributed by atoms with Crippen molar-refractivity contribution in [1.29, 1.82) is 0 Å². The Morgan fingerprint density at radius 3 is 2.67 bits per heavy atom. The van der Waals surface area contributed by atoms with Crippen molar-refractivity contribution in [3.63, 3.8) is 0 Å². The van der Waals surface area contributed by atoms with E-state index in [1.807, 2.05) is 0 Å². The van der Waals surface area contributed by atoms with Crippen LogP contribution < -0.4 is 5.32 Å². The van der Waals surface area contributed by atoms with E-state index >= 15 is 0 Å². The van der Waals surface area contributed by atoms with Crippen LogP contribution >= 0.6 is 23.2 Å². The predicted octanol–water partition coefficient (Wildman–Crippen LogP) is 4.84. The largest absolute Gasteiger partial charge is 0.455 e. The Kier molecular flexibility index (Phi) is 4.70. The zero-order valence-corrected chi connectivity index (χ0v) is 15.9. The highest BCUT2D eigenvalue weighted by molar-refractivity contribution is 6.35. The van der Waals surface area contributed by atoms with Gasteiger partial charge in [0.2, 0.25) is 0 Å². The van der Waals surface area contributed by atoms with E-state index in [0.717, 1.165) is 24.3 Å². The number of furan rings is 1. The van der Waals surface area contributed by atoms with Crippen LogP contribution in [0.2, 0.25) is 10.0 Å². The van der Waals surface area contributed by atoms with Crippen LogP contribution in [0.15, 0.2) is 39.9 Å². The maximum absolute atomic E-state index is 12.7. The van der Waals surface area contributed by atoms with Crippen LogP contribution in [0.3, 0.4) is 0 Å². The minimum atomic E-state index is -0.796. The predicted molar refractivity (Wildman–Crippen MR) is 103 cm³/mol. The van der Waals surface area contributed by atoms with Crippen molar-refractivity contribution in [1.82, 2.24) is 10.3 Å². The van der Waals surface area contributed by atoms with E-state index in [0.29, 0.717) is 40.0 Å². The Bertz CT molecular complexity index is 932. The van der Waals surface area contributed by atoms with E-state index in [4.69, 9.17) is 27.6 Å². The summed E-state index contributed by atoms with van der Waals surface area (Å²) in [5.41, 5.74) is -0.144. The highest BCUT2D eigenvalue weighted by Gasteiger charge is 2.51. The van der Waals surface area contributed by atoms with Gasteiger partial charge in [0, 0.05) is 10.6 Å². The molecule has 0 atom stereocenters. The molecule has 6 nitrogen and oxygen atoms in total. The van der Waals surface area contributed by atoms with Crippen LogP contribution in [0, 0.1) is 0 Å². The zero-order chi connectivity index (χ0) is 19.0. The number of hydrazone groups is 1. The fourth-order valence-corrected chi connectivity index (χ4v) is 3.96. The molecule has 2 aliphatic rings. The number of hydrogen-bond donors (Lipinski definition) is 1. The number of imide groups is 1. The van der Waals surface area contributed by atoms with Crippen molar-refractivity contribution in [2.75, 3.05) is 0 Å². The molecule has 27 heavy (non-hydrogen) atoms. The molecule has 1 N–H and O–H groups in total. The number of urea groups is 1. The molecule has 0 unspecified atom stereocenters. The molecule has 1 aliphatic heterocycles. The quantitative estimate of drug-likeness (QED) is 0.585. The Balaban J connectivity index is 1.54. The number of carbonyl (C=O) groups excluding carboxylic acids is 2. The molecule has 8 heteroatoms. The molecule has 1 aromatic heterocycles. The lowest BCUT2D eigenvalue weighted by molar-refractivity contribution is -0.132. The average molecular weight is 406 g/mol. The number of halogens is 2. The van der Waals surface area contributed by atoms with Gasteiger partial charge in [0.05, 0.1) is 11.2 Å². The van der Waals surface area contributed by atoms with Crippen molar-refractivity contribution >= 4 is 41.4 Å². The third-order valence-electron chi connectivity index (χ3n) is 4.97. The zero-order valence-electron chi connectivity index (χ0n) is 14.4. The summed E-state index contributed by atoms with van der Waals surface area (Å²) in [6, 6.07) is 8.00. The van der Waals surface area contributed by atoms with E-state index in [1.54, 1.807) is 30.3 Å². The second-order valence-corrected chi connectivity index (χ2v) is 7.60. The van der Waals surface area contributed by atoms with Gasteiger partial charge in [0.25, 0.3) is 5.91 Å². The molecule has 1 aliphatic carbocycles. The van der Waals surface area contributed by atoms with Crippen molar-refractivity contribution in [2.24, 2.45) is 5.10 Å². The number of nitrogens with one attached hydrogen (secondary N) is 1. The SMILES string of the molecule is O=C1NC2(CCCCC2)C(=O)N1/N=C\c1ccc(-c2cc(Cl)ccc2Cl)o1. The Morgan fingerprint density at radius 2 is 1.89 bits per heavy atom. The van der Waals surface area contributed by atoms with Gasteiger partial charge in [-0.25, -0.2) is 4.79 Å². The summed E-state index contributed by atoms with van der Waals surface area (Å²) in [6.07, 6.45) is 5.58. The summed E-state index contributed by atoms with van der Waals surface area (Å²) < 4.78 is 5.71. The Morgan fingerprint density at radius 1 is 1.11 bits per heavy atom. The van der Waals surface area contributed by atoms with Crippen molar-refractivity contribution in [3.05, 3.63) is 46.1 Å². The molecule has 4 rings (SSSR count). The summed E-state index contributed by atoms with van der Waals surface area (Å²) >= 11 is 12.2. The third kappa shape index (κ3) is 3.35. The Hall–Kier alpha value is -2.31. The maximum Gasteiger partial charge on any atom is 0.346 e. The summed E-state index contributed by atoms with van der Waals surface area (Å²) in [5, 5.41) is 8.79. The minimum absolute atomic E-state index is 0.298. The van der Waals surface area contributed by atoms with Crippen molar-refractivity contribution < 1.29 is 14.0 Å². The molecule has 0 bridgehead atoms. The molecule has 1 saturated carbocycles. The lowest BCUT2D eigenvalue weighted by Gasteiger charge is -2.29. The standard InChI is InChI=1S/C19H17Cl2N3O3/c20-12-4-6-15(21)14(10-12)16-7-5-13(27-16)11-22-24-17(25)19(23-18(24)26)8-2-1-3-9-19/h4-7,10-11H,1-3,8-9H2,(H,23,26)/b22-11-. The van der Waals surface area contributed by atoms with E-state index in [1.165, 1.54) is 6.21 Å². The van der Waals surface area contributed by atoms with E-state index in [-0.39, 0.29) is 5.91 Å². The molecule has 140 valence electrons. The van der Waals surface area contributed by atoms with Crippen LogP contribution in [0.25, 0.3) is 11.3 Å². The number of benzene rings is 1. The summed E-state index contributed by atoms with van der Waals surface area (Å²) in [7, 11) is 0. The number of nitrogens with zero attached hydrogens (tertiary/aromatic N) is 2. The van der Waals surface area contributed by atoms with Gasteiger partial charge in [-0.05, 0) is 43.2 Å². The van der Waals surface area contributed by atoms with Gasteiger partial charge < -0.3 is 9.73 Å². The van der Waals surface area contributed by atoms with Crippen LogP contribution in [0.5, 0.6) is 0 Å². The molecular formula is C19H17Cl2N3O3. The topological polar surface area (TPSA) is 74.9 Å². The van der Waals surface area contributed by atoms with Gasteiger partial charge in [-0.1, -0.05) is 42.5 Å². The van der Waals surface area contributed by atoms with Crippen LogP contribution in [0.1, 0.15) is 37.9 Å². The smallest absolute Gasteiger partial charge is 0.346 e. The first kappa shape index (κ1) is 18.1. The van der Waals surface area contributed by atoms with Gasteiger partial charge in [-0.3, -0.25) is 4.79 Å². The molecule has 2 heterocycles. The van der Waals surface area contributed by atoms with E-state index in [2.05, 4.69) is 10.4 Å². The number of hydrogen-bond acceptors (Lipinski definition) is 4. The van der Waals surface area contributed by atoms with Crippen molar-refractivity contribution in [3.8, 4) is 11.3 Å². The van der Waals surface area contributed by atoms with Crippen LogP contribution in [-0.4, -0.2) is 28.7 Å². The monoisotopic (exact) mass is 405 g/mol.